The third-order valence-electron chi connectivity index (χ3n) is 4.11. The summed E-state index contributed by atoms with van der Waals surface area (Å²) in [5, 5.41) is 1.02. The maximum atomic E-state index is 13.3. The van der Waals surface area contributed by atoms with Gasteiger partial charge in [0.05, 0.1) is 16.3 Å². The van der Waals surface area contributed by atoms with Gasteiger partial charge in [-0.2, -0.15) is 0 Å². The summed E-state index contributed by atoms with van der Waals surface area (Å²) in [5.41, 5.74) is 2.48. The number of hydrogen-bond donors (Lipinski definition) is 0. The van der Waals surface area contributed by atoms with Crippen LogP contribution in [0.15, 0.2) is 54.6 Å². The minimum Gasteiger partial charge on any atom is -0.304 e. The van der Waals surface area contributed by atoms with Gasteiger partial charge >= 0.3 is 0 Å². The van der Waals surface area contributed by atoms with Crippen LogP contribution in [0.3, 0.4) is 0 Å². The largest absolute Gasteiger partial charge is 0.304 e. The monoisotopic (exact) mass is 403 g/mol. The number of halogens is 2. The predicted molar refractivity (Wildman–Crippen MR) is 113 cm³/mol. The van der Waals surface area contributed by atoms with Crippen LogP contribution >= 0.6 is 34.5 Å². The summed E-state index contributed by atoms with van der Waals surface area (Å²) in [7, 11) is 0. The number of benzene rings is 2. The first kappa shape index (κ1) is 19.0. The van der Waals surface area contributed by atoms with Gasteiger partial charge < -0.3 is 4.90 Å². The standard InChI is InChI=1S/C21H19Cl2NOS/c1-13(2)24(19-10-9-16(22)11-18(19)23)21(25)17-12-20(26-14(17)3)15-7-5-4-6-8-15/h4-13H,1-3H3. The van der Waals surface area contributed by atoms with Gasteiger partial charge in [-0.25, -0.2) is 0 Å². The molecule has 1 amide bonds. The lowest BCUT2D eigenvalue weighted by Gasteiger charge is -2.28. The highest BCUT2D eigenvalue weighted by molar-refractivity contribution is 7.15. The van der Waals surface area contributed by atoms with Crippen LogP contribution in [0.4, 0.5) is 5.69 Å². The van der Waals surface area contributed by atoms with Crippen LogP contribution < -0.4 is 4.90 Å². The second kappa shape index (κ2) is 7.83. The highest BCUT2D eigenvalue weighted by atomic mass is 35.5. The summed E-state index contributed by atoms with van der Waals surface area (Å²) in [6, 6.07) is 17.2. The van der Waals surface area contributed by atoms with Crippen LogP contribution in [0.5, 0.6) is 0 Å². The fourth-order valence-electron chi connectivity index (χ4n) is 2.87. The maximum Gasteiger partial charge on any atom is 0.259 e. The Balaban J connectivity index is 2.02. The molecule has 0 spiro atoms. The highest BCUT2D eigenvalue weighted by Gasteiger charge is 2.25. The SMILES string of the molecule is Cc1sc(-c2ccccc2)cc1C(=O)N(c1ccc(Cl)cc1Cl)C(C)C. The zero-order valence-electron chi connectivity index (χ0n) is 14.8. The topological polar surface area (TPSA) is 20.3 Å². The van der Waals surface area contributed by atoms with Crippen molar-refractivity contribution in [2.24, 2.45) is 0 Å². The van der Waals surface area contributed by atoms with E-state index in [1.54, 1.807) is 34.4 Å². The van der Waals surface area contributed by atoms with Gasteiger partial charge in [0.15, 0.2) is 0 Å². The summed E-state index contributed by atoms with van der Waals surface area (Å²) in [6.45, 7) is 5.93. The van der Waals surface area contributed by atoms with Crippen LogP contribution in [-0.4, -0.2) is 11.9 Å². The van der Waals surface area contributed by atoms with Crippen LogP contribution in [0.25, 0.3) is 10.4 Å². The Morgan fingerprint density at radius 3 is 2.35 bits per heavy atom. The van der Waals surface area contributed by atoms with Gasteiger partial charge in [0.1, 0.15) is 0 Å². The molecule has 0 radical (unpaired) electrons. The zero-order valence-corrected chi connectivity index (χ0v) is 17.1. The summed E-state index contributed by atoms with van der Waals surface area (Å²) >= 11 is 14.0. The molecule has 0 saturated carbocycles. The van der Waals surface area contributed by atoms with Crippen molar-refractivity contribution in [1.29, 1.82) is 0 Å². The molecule has 1 heterocycles. The Bertz CT molecular complexity index is 934. The fraction of sp³-hybridized carbons (Fsp3) is 0.190. The number of anilines is 1. The number of carbonyl (C=O) groups is 1. The van der Waals surface area contributed by atoms with Crippen molar-refractivity contribution >= 4 is 46.1 Å². The number of nitrogens with zero attached hydrogens (tertiary/aromatic N) is 1. The molecule has 0 atom stereocenters. The van der Waals surface area contributed by atoms with E-state index in [1.807, 2.05) is 45.0 Å². The van der Waals surface area contributed by atoms with Crippen molar-refractivity contribution in [3.05, 3.63) is 75.1 Å². The molecule has 0 unspecified atom stereocenters. The average molecular weight is 404 g/mol. The molecule has 5 heteroatoms. The number of aryl methyl sites for hydroxylation is 1. The van der Waals surface area contributed by atoms with Gasteiger partial charge in [0.2, 0.25) is 0 Å². The van der Waals surface area contributed by atoms with Gasteiger partial charge in [-0.3, -0.25) is 4.79 Å². The number of amides is 1. The average Bonchev–Trinajstić information content (AvgIpc) is 2.99. The lowest BCUT2D eigenvalue weighted by Crippen LogP contribution is -2.37. The first-order valence-corrected chi connectivity index (χ1v) is 9.90. The number of rotatable bonds is 4. The lowest BCUT2D eigenvalue weighted by atomic mass is 10.1. The summed E-state index contributed by atoms with van der Waals surface area (Å²) < 4.78 is 0. The minimum absolute atomic E-state index is 0.0411. The van der Waals surface area contributed by atoms with E-state index in [0.717, 1.165) is 15.3 Å². The van der Waals surface area contributed by atoms with Crippen LogP contribution in [0.1, 0.15) is 29.1 Å². The molecule has 0 aliphatic rings. The first-order valence-electron chi connectivity index (χ1n) is 8.33. The van der Waals surface area contributed by atoms with E-state index in [0.29, 0.717) is 21.3 Å². The molecule has 0 aliphatic heterocycles. The van der Waals surface area contributed by atoms with Gasteiger partial charge in [-0.1, -0.05) is 53.5 Å². The smallest absolute Gasteiger partial charge is 0.259 e. The van der Waals surface area contributed by atoms with Crippen LogP contribution in [-0.2, 0) is 0 Å². The minimum atomic E-state index is -0.0554. The number of carbonyl (C=O) groups excluding carboxylic acids is 1. The Morgan fingerprint density at radius 1 is 1.04 bits per heavy atom. The predicted octanol–water partition coefficient (Wildman–Crippen LogP) is 7.09. The molecule has 0 fully saturated rings. The molecule has 0 bridgehead atoms. The summed E-state index contributed by atoms with van der Waals surface area (Å²) in [6.07, 6.45) is 0. The van der Waals surface area contributed by atoms with E-state index in [1.165, 1.54) is 0 Å². The van der Waals surface area contributed by atoms with Gasteiger partial charge in [-0.15, -0.1) is 11.3 Å². The van der Waals surface area contributed by atoms with Crippen molar-refractivity contribution in [2.75, 3.05) is 4.90 Å². The molecule has 0 saturated heterocycles. The normalized spacial score (nSPS) is 11.0. The van der Waals surface area contributed by atoms with Crippen molar-refractivity contribution in [2.45, 2.75) is 26.8 Å². The summed E-state index contributed by atoms with van der Waals surface area (Å²) in [5.74, 6) is -0.0554. The van der Waals surface area contributed by atoms with E-state index in [9.17, 15) is 4.79 Å². The van der Waals surface area contributed by atoms with Gasteiger partial charge in [-0.05, 0) is 50.6 Å². The van der Waals surface area contributed by atoms with Crippen molar-refractivity contribution in [1.82, 2.24) is 0 Å². The highest BCUT2D eigenvalue weighted by Crippen LogP contribution is 2.35. The number of hydrogen-bond acceptors (Lipinski definition) is 2. The molecule has 0 N–H and O–H groups in total. The second-order valence-corrected chi connectivity index (χ2v) is 8.41. The van der Waals surface area contributed by atoms with Crippen molar-refractivity contribution in [3.8, 4) is 10.4 Å². The quantitative estimate of drug-likeness (QED) is 0.455. The third kappa shape index (κ3) is 3.80. The van der Waals surface area contributed by atoms with E-state index in [4.69, 9.17) is 23.2 Å². The van der Waals surface area contributed by atoms with E-state index in [-0.39, 0.29) is 11.9 Å². The van der Waals surface area contributed by atoms with Crippen LogP contribution in [0.2, 0.25) is 10.0 Å². The zero-order chi connectivity index (χ0) is 18.8. The Kier molecular flexibility index (Phi) is 5.71. The van der Waals surface area contributed by atoms with Gasteiger partial charge in [0, 0.05) is 20.8 Å². The molecule has 0 aliphatic carbocycles. The number of thiophene rings is 1. The Labute approximate surface area is 168 Å². The summed E-state index contributed by atoms with van der Waals surface area (Å²) in [4.78, 5) is 17.1. The molecule has 2 aromatic carbocycles. The Morgan fingerprint density at radius 2 is 1.73 bits per heavy atom. The van der Waals surface area contributed by atoms with E-state index in [2.05, 4.69) is 12.1 Å². The lowest BCUT2D eigenvalue weighted by molar-refractivity contribution is 0.0980. The molecule has 134 valence electrons. The maximum absolute atomic E-state index is 13.3. The molecule has 26 heavy (non-hydrogen) atoms. The van der Waals surface area contributed by atoms with E-state index >= 15 is 0 Å². The van der Waals surface area contributed by atoms with Crippen molar-refractivity contribution in [3.63, 3.8) is 0 Å². The Hall–Kier alpha value is -1.81. The van der Waals surface area contributed by atoms with Crippen LogP contribution in [0, 0.1) is 6.92 Å². The van der Waals surface area contributed by atoms with E-state index < -0.39 is 0 Å². The van der Waals surface area contributed by atoms with Crippen molar-refractivity contribution < 1.29 is 4.79 Å². The van der Waals surface area contributed by atoms with Gasteiger partial charge in [0.25, 0.3) is 5.91 Å². The molecular formula is C21H19Cl2NOS. The fourth-order valence-corrected chi connectivity index (χ4v) is 4.38. The molecule has 1 aromatic heterocycles. The molecule has 3 aromatic rings. The second-order valence-electron chi connectivity index (χ2n) is 6.31. The molecular weight excluding hydrogens is 385 g/mol. The third-order valence-corrected chi connectivity index (χ3v) is 5.75. The molecule has 2 nitrogen and oxygen atoms in total. The molecule has 3 rings (SSSR count). The first-order chi connectivity index (χ1) is 12.4.